The zero-order chi connectivity index (χ0) is 19.1. The highest BCUT2D eigenvalue weighted by Crippen LogP contribution is 2.24. The average Bonchev–Trinajstić information content (AvgIpc) is 2.74. The lowest BCUT2D eigenvalue weighted by atomic mass is 9.97. The molecule has 1 aromatic carbocycles. The number of amides is 1. The van der Waals surface area contributed by atoms with Crippen LogP contribution in [0.15, 0.2) is 36.5 Å². The van der Waals surface area contributed by atoms with E-state index in [-0.39, 0.29) is 5.91 Å². The first-order valence-electron chi connectivity index (χ1n) is 9.50. The Kier molecular flexibility index (Phi) is 6.76. The number of aromatic nitrogens is 2. The highest BCUT2D eigenvalue weighted by Gasteiger charge is 2.27. The number of benzene rings is 1. The molecule has 2 aromatic rings. The van der Waals surface area contributed by atoms with Crippen LogP contribution in [0.5, 0.6) is 5.88 Å². The number of methoxy groups -OCH3 is 2. The van der Waals surface area contributed by atoms with Gasteiger partial charge in [0.25, 0.3) is 5.91 Å². The second kappa shape index (κ2) is 9.46. The van der Waals surface area contributed by atoms with Gasteiger partial charge in [-0.2, -0.15) is 4.98 Å². The predicted molar refractivity (Wildman–Crippen MR) is 104 cm³/mol. The van der Waals surface area contributed by atoms with Crippen molar-refractivity contribution in [3.05, 3.63) is 42.1 Å². The molecule has 0 bridgehead atoms. The molecule has 0 aliphatic carbocycles. The number of likely N-dealkylation sites (tertiary alicyclic amines) is 1. The second-order valence-corrected chi connectivity index (χ2v) is 6.78. The quantitative estimate of drug-likeness (QED) is 0.698. The number of carbonyl (C=O) groups is 1. The molecule has 1 fully saturated rings. The number of piperidine rings is 1. The van der Waals surface area contributed by atoms with Crippen LogP contribution in [0.25, 0.3) is 11.4 Å². The van der Waals surface area contributed by atoms with Crippen LogP contribution in [0.2, 0.25) is 0 Å². The molecule has 0 N–H and O–H groups in total. The fraction of sp³-hybridized carbons (Fsp3) is 0.476. The standard InChI is InChI=1S/C21H27N3O3/c1-26-15-5-7-18-6-3-4-14-24(18)21(25)17-10-8-16(9-11-17)20-22-13-12-19(23-20)27-2/h8-13,18H,3-7,14-15H2,1-2H3/t18-/m0/s1. The molecule has 6 nitrogen and oxygen atoms in total. The van der Waals surface area contributed by atoms with E-state index >= 15 is 0 Å². The molecule has 3 rings (SSSR count). The largest absolute Gasteiger partial charge is 0.481 e. The van der Waals surface area contributed by atoms with Gasteiger partial charge in [-0.3, -0.25) is 4.79 Å². The maximum atomic E-state index is 13.0. The molecule has 6 heteroatoms. The Labute approximate surface area is 160 Å². The number of rotatable bonds is 7. The first-order chi connectivity index (χ1) is 13.2. The molecule has 27 heavy (non-hydrogen) atoms. The Bertz CT molecular complexity index is 749. The van der Waals surface area contributed by atoms with Crippen LogP contribution < -0.4 is 4.74 Å². The molecule has 1 amide bonds. The summed E-state index contributed by atoms with van der Waals surface area (Å²) in [6, 6.07) is 9.53. The number of hydrogen-bond acceptors (Lipinski definition) is 5. The van der Waals surface area contributed by atoms with Crippen molar-refractivity contribution < 1.29 is 14.3 Å². The van der Waals surface area contributed by atoms with Crippen LogP contribution in [0.4, 0.5) is 0 Å². The van der Waals surface area contributed by atoms with Crippen molar-refractivity contribution in [2.75, 3.05) is 27.4 Å². The molecule has 0 unspecified atom stereocenters. The van der Waals surface area contributed by atoms with Crippen LogP contribution in [-0.2, 0) is 4.74 Å². The van der Waals surface area contributed by atoms with Crippen molar-refractivity contribution in [1.82, 2.24) is 14.9 Å². The maximum Gasteiger partial charge on any atom is 0.254 e. The van der Waals surface area contributed by atoms with E-state index in [1.807, 2.05) is 29.2 Å². The topological polar surface area (TPSA) is 64.5 Å². The van der Waals surface area contributed by atoms with E-state index in [2.05, 4.69) is 9.97 Å². The summed E-state index contributed by atoms with van der Waals surface area (Å²) >= 11 is 0. The third-order valence-corrected chi connectivity index (χ3v) is 5.00. The molecule has 1 aromatic heterocycles. The summed E-state index contributed by atoms with van der Waals surface area (Å²) in [4.78, 5) is 23.7. The summed E-state index contributed by atoms with van der Waals surface area (Å²) < 4.78 is 10.3. The van der Waals surface area contributed by atoms with E-state index in [1.54, 1.807) is 26.5 Å². The first-order valence-corrected chi connectivity index (χ1v) is 9.50. The van der Waals surface area contributed by atoms with Gasteiger partial charge in [0.1, 0.15) is 0 Å². The molecule has 0 saturated carbocycles. The predicted octanol–water partition coefficient (Wildman–Crippen LogP) is 3.57. The minimum absolute atomic E-state index is 0.107. The van der Waals surface area contributed by atoms with Gasteiger partial charge < -0.3 is 14.4 Å². The van der Waals surface area contributed by atoms with Crippen molar-refractivity contribution in [1.29, 1.82) is 0 Å². The van der Waals surface area contributed by atoms with Gasteiger partial charge in [0.05, 0.1) is 7.11 Å². The third kappa shape index (κ3) is 4.83. The van der Waals surface area contributed by atoms with Gasteiger partial charge in [-0.15, -0.1) is 0 Å². The van der Waals surface area contributed by atoms with E-state index in [0.717, 1.165) is 44.4 Å². The highest BCUT2D eigenvalue weighted by atomic mass is 16.5. The lowest BCUT2D eigenvalue weighted by Crippen LogP contribution is -2.43. The SMILES string of the molecule is COCCC[C@@H]1CCCCN1C(=O)c1ccc(-c2nccc(OC)n2)cc1. The highest BCUT2D eigenvalue weighted by molar-refractivity contribution is 5.95. The molecule has 1 atom stereocenters. The Morgan fingerprint density at radius 1 is 1.19 bits per heavy atom. The first kappa shape index (κ1) is 19.3. The number of carbonyl (C=O) groups excluding carboxylic acids is 1. The van der Waals surface area contributed by atoms with Gasteiger partial charge in [-0.1, -0.05) is 12.1 Å². The van der Waals surface area contributed by atoms with E-state index in [0.29, 0.717) is 23.3 Å². The monoisotopic (exact) mass is 369 g/mol. The summed E-state index contributed by atoms with van der Waals surface area (Å²) in [6.07, 6.45) is 6.98. The van der Waals surface area contributed by atoms with Crippen molar-refractivity contribution in [2.24, 2.45) is 0 Å². The Hall–Kier alpha value is -2.47. The third-order valence-electron chi connectivity index (χ3n) is 5.00. The van der Waals surface area contributed by atoms with Crippen molar-refractivity contribution >= 4 is 5.91 Å². The number of ether oxygens (including phenoxy) is 2. The molecule has 1 saturated heterocycles. The van der Waals surface area contributed by atoms with Crippen LogP contribution in [0.3, 0.4) is 0 Å². The summed E-state index contributed by atoms with van der Waals surface area (Å²) in [7, 11) is 3.30. The molecular weight excluding hydrogens is 342 g/mol. The van der Waals surface area contributed by atoms with Gasteiger partial charge in [0.2, 0.25) is 5.88 Å². The van der Waals surface area contributed by atoms with Gasteiger partial charge in [-0.25, -0.2) is 4.98 Å². The molecule has 1 aliphatic heterocycles. The van der Waals surface area contributed by atoms with Crippen molar-refractivity contribution in [3.8, 4) is 17.3 Å². The lowest BCUT2D eigenvalue weighted by molar-refractivity contribution is 0.0585. The summed E-state index contributed by atoms with van der Waals surface area (Å²) in [5, 5.41) is 0. The Morgan fingerprint density at radius 3 is 2.74 bits per heavy atom. The van der Waals surface area contributed by atoms with Gasteiger partial charge in [0.15, 0.2) is 5.82 Å². The van der Waals surface area contributed by atoms with Crippen molar-refractivity contribution in [2.45, 2.75) is 38.1 Å². The Balaban J connectivity index is 1.72. The van der Waals surface area contributed by atoms with Crippen LogP contribution in [-0.4, -0.2) is 54.2 Å². The summed E-state index contributed by atoms with van der Waals surface area (Å²) in [6.45, 7) is 1.57. The lowest BCUT2D eigenvalue weighted by Gasteiger charge is -2.36. The normalized spacial score (nSPS) is 17.0. The smallest absolute Gasteiger partial charge is 0.254 e. The Morgan fingerprint density at radius 2 is 2.00 bits per heavy atom. The van der Waals surface area contributed by atoms with E-state index in [4.69, 9.17) is 9.47 Å². The average molecular weight is 369 g/mol. The maximum absolute atomic E-state index is 13.0. The molecule has 0 radical (unpaired) electrons. The molecule has 0 spiro atoms. The number of nitrogens with zero attached hydrogens (tertiary/aromatic N) is 3. The van der Waals surface area contributed by atoms with E-state index in [1.165, 1.54) is 6.42 Å². The van der Waals surface area contributed by atoms with Crippen molar-refractivity contribution in [3.63, 3.8) is 0 Å². The van der Waals surface area contributed by atoms with Crippen LogP contribution in [0, 0.1) is 0 Å². The zero-order valence-electron chi connectivity index (χ0n) is 16.1. The summed E-state index contributed by atoms with van der Waals surface area (Å²) in [5.41, 5.74) is 1.57. The molecular formula is C21H27N3O3. The minimum atomic E-state index is 0.107. The van der Waals surface area contributed by atoms with Crippen LogP contribution in [0.1, 0.15) is 42.5 Å². The minimum Gasteiger partial charge on any atom is -0.481 e. The zero-order valence-corrected chi connectivity index (χ0v) is 16.1. The fourth-order valence-electron chi connectivity index (χ4n) is 3.55. The van der Waals surface area contributed by atoms with E-state index < -0.39 is 0 Å². The number of hydrogen-bond donors (Lipinski definition) is 0. The van der Waals surface area contributed by atoms with E-state index in [9.17, 15) is 4.79 Å². The molecule has 2 heterocycles. The van der Waals surface area contributed by atoms with Gasteiger partial charge in [0, 0.05) is 49.7 Å². The molecule has 1 aliphatic rings. The second-order valence-electron chi connectivity index (χ2n) is 6.78. The van der Waals surface area contributed by atoms with Gasteiger partial charge >= 0.3 is 0 Å². The van der Waals surface area contributed by atoms with Gasteiger partial charge in [-0.05, 0) is 44.2 Å². The fourth-order valence-corrected chi connectivity index (χ4v) is 3.55. The summed E-state index contributed by atoms with van der Waals surface area (Å²) in [5.74, 6) is 1.21. The van der Waals surface area contributed by atoms with Crippen LogP contribution >= 0.6 is 0 Å². The molecule has 144 valence electrons.